The predicted molar refractivity (Wildman–Crippen MR) is 65.1 cm³/mol. The number of phenolic OH excluding ortho intramolecular Hbond substituents is 1. The average molecular weight is 297 g/mol. The minimum Gasteiger partial charge on any atom is -0.503 e. The zero-order valence-corrected chi connectivity index (χ0v) is 10.5. The van der Waals surface area contributed by atoms with Gasteiger partial charge in [-0.05, 0) is 39.7 Å². The maximum Gasteiger partial charge on any atom is 0.259 e. The molecule has 1 rings (SSSR count). The van der Waals surface area contributed by atoms with Crippen molar-refractivity contribution in [1.29, 1.82) is 5.26 Å². The molecule has 0 heterocycles. The van der Waals surface area contributed by atoms with E-state index in [0.717, 1.165) is 0 Å². The first-order chi connectivity index (χ1) is 7.99. The highest BCUT2D eigenvalue weighted by Crippen LogP contribution is 2.35. The molecule has 17 heavy (non-hydrogen) atoms. The maximum absolute atomic E-state index is 10.9. The Balaban J connectivity index is 3.30. The van der Waals surface area contributed by atoms with Crippen LogP contribution < -0.4 is 10.5 Å². The van der Waals surface area contributed by atoms with Crippen molar-refractivity contribution in [3.8, 4) is 17.6 Å². The molecule has 0 bridgehead atoms. The van der Waals surface area contributed by atoms with Crippen molar-refractivity contribution >= 4 is 27.9 Å². The van der Waals surface area contributed by atoms with Crippen molar-refractivity contribution in [3.05, 3.63) is 27.7 Å². The molecule has 5 nitrogen and oxygen atoms in total. The van der Waals surface area contributed by atoms with Crippen LogP contribution in [0.1, 0.15) is 5.56 Å². The molecule has 0 unspecified atom stereocenters. The molecule has 0 atom stereocenters. The molecule has 0 saturated heterocycles. The van der Waals surface area contributed by atoms with Crippen LogP contribution in [0.15, 0.2) is 22.2 Å². The van der Waals surface area contributed by atoms with E-state index in [1.807, 2.05) is 0 Å². The van der Waals surface area contributed by atoms with Crippen LogP contribution in [0.2, 0.25) is 0 Å². The van der Waals surface area contributed by atoms with E-state index < -0.39 is 5.91 Å². The number of rotatable bonds is 3. The maximum atomic E-state index is 10.9. The highest BCUT2D eigenvalue weighted by molar-refractivity contribution is 9.10. The van der Waals surface area contributed by atoms with Crippen LogP contribution in [0.4, 0.5) is 0 Å². The molecule has 0 saturated carbocycles. The van der Waals surface area contributed by atoms with Crippen molar-refractivity contribution < 1.29 is 14.6 Å². The summed E-state index contributed by atoms with van der Waals surface area (Å²) in [5, 5.41) is 18.3. The normalized spacial score (nSPS) is 10.8. The van der Waals surface area contributed by atoms with Crippen molar-refractivity contribution in [1.82, 2.24) is 0 Å². The van der Waals surface area contributed by atoms with Gasteiger partial charge < -0.3 is 15.6 Å². The number of ether oxygens (including phenoxy) is 1. The Morgan fingerprint density at radius 2 is 2.29 bits per heavy atom. The molecule has 0 radical (unpaired) electrons. The number of methoxy groups -OCH3 is 1. The van der Waals surface area contributed by atoms with Gasteiger partial charge in [0, 0.05) is 0 Å². The molecular formula is C11H9BrN2O3. The highest BCUT2D eigenvalue weighted by atomic mass is 79.9. The van der Waals surface area contributed by atoms with Gasteiger partial charge >= 0.3 is 0 Å². The molecule has 0 aliphatic rings. The summed E-state index contributed by atoms with van der Waals surface area (Å²) in [6.45, 7) is 0. The summed E-state index contributed by atoms with van der Waals surface area (Å²) in [5.41, 5.74) is 5.35. The Bertz CT molecular complexity index is 532. The van der Waals surface area contributed by atoms with Gasteiger partial charge in [-0.3, -0.25) is 4.79 Å². The minimum absolute atomic E-state index is 0.0535. The third-order valence-electron chi connectivity index (χ3n) is 1.97. The quantitative estimate of drug-likeness (QED) is 0.653. The Morgan fingerprint density at radius 3 is 2.76 bits per heavy atom. The van der Waals surface area contributed by atoms with Crippen LogP contribution in [0, 0.1) is 11.3 Å². The molecule has 3 N–H and O–H groups in total. The third kappa shape index (κ3) is 2.98. The van der Waals surface area contributed by atoms with Crippen LogP contribution >= 0.6 is 15.9 Å². The minimum atomic E-state index is -0.810. The van der Waals surface area contributed by atoms with Gasteiger partial charge in [-0.1, -0.05) is 0 Å². The first-order valence-electron chi connectivity index (χ1n) is 4.47. The number of halogens is 1. The molecule has 6 heteroatoms. The zero-order chi connectivity index (χ0) is 13.0. The number of nitrogens with zero attached hydrogens (tertiary/aromatic N) is 1. The molecule has 1 aromatic rings. The Kier molecular flexibility index (Phi) is 4.12. The molecular weight excluding hydrogens is 288 g/mol. The number of aromatic hydroxyl groups is 1. The summed E-state index contributed by atoms with van der Waals surface area (Å²) >= 11 is 3.13. The second kappa shape index (κ2) is 5.37. The van der Waals surface area contributed by atoms with Crippen molar-refractivity contribution in [2.24, 2.45) is 5.73 Å². The summed E-state index contributed by atoms with van der Waals surface area (Å²) in [5.74, 6) is -0.634. The van der Waals surface area contributed by atoms with Crippen molar-refractivity contribution in [2.75, 3.05) is 7.11 Å². The molecule has 0 spiro atoms. The molecule has 88 valence electrons. The standard InChI is InChI=1S/C11H9BrN2O3/c1-17-9-4-6(3-8(12)10(9)15)2-7(5-13)11(14)16/h2-4,15H,1H3,(H2,14,16)/b7-2-. The number of nitriles is 1. The highest BCUT2D eigenvalue weighted by Gasteiger charge is 2.09. The van der Waals surface area contributed by atoms with E-state index in [1.165, 1.54) is 25.3 Å². The van der Waals surface area contributed by atoms with E-state index in [1.54, 1.807) is 6.07 Å². The van der Waals surface area contributed by atoms with E-state index in [9.17, 15) is 9.90 Å². The van der Waals surface area contributed by atoms with Gasteiger partial charge in [0.1, 0.15) is 11.6 Å². The van der Waals surface area contributed by atoms with E-state index in [2.05, 4.69) is 15.9 Å². The number of carbonyl (C=O) groups is 1. The van der Waals surface area contributed by atoms with E-state index in [0.29, 0.717) is 10.0 Å². The number of nitrogens with two attached hydrogens (primary N) is 1. The summed E-state index contributed by atoms with van der Waals surface area (Å²) in [6.07, 6.45) is 1.31. The van der Waals surface area contributed by atoms with E-state index in [-0.39, 0.29) is 17.1 Å². The lowest BCUT2D eigenvalue weighted by Gasteiger charge is -2.06. The molecule has 1 amide bonds. The van der Waals surface area contributed by atoms with Crippen LogP contribution in [0.3, 0.4) is 0 Å². The first-order valence-corrected chi connectivity index (χ1v) is 5.27. The van der Waals surface area contributed by atoms with Gasteiger partial charge in [0.2, 0.25) is 0 Å². The fourth-order valence-corrected chi connectivity index (χ4v) is 1.62. The van der Waals surface area contributed by atoms with Crippen LogP contribution in [0.25, 0.3) is 6.08 Å². The SMILES string of the molecule is COc1cc(/C=C(/C#N)C(N)=O)cc(Br)c1O. The van der Waals surface area contributed by atoms with Crippen molar-refractivity contribution in [3.63, 3.8) is 0 Å². The van der Waals surface area contributed by atoms with E-state index in [4.69, 9.17) is 15.7 Å². The van der Waals surface area contributed by atoms with Gasteiger partial charge in [-0.25, -0.2) is 0 Å². The smallest absolute Gasteiger partial charge is 0.259 e. The predicted octanol–water partition coefficient (Wildman–Crippen LogP) is 1.56. The summed E-state index contributed by atoms with van der Waals surface area (Å²) in [7, 11) is 1.40. The average Bonchev–Trinajstić information content (AvgIpc) is 2.29. The Labute approximate surface area is 106 Å². The largest absolute Gasteiger partial charge is 0.503 e. The van der Waals surface area contributed by atoms with Crippen LogP contribution in [-0.4, -0.2) is 18.1 Å². The van der Waals surface area contributed by atoms with Gasteiger partial charge in [-0.15, -0.1) is 0 Å². The Morgan fingerprint density at radius 1 is 1.65 bits per heavy atom. The van der Waals surface area contributed by atoms with Gasteiger partial charge in [-0.2, -0.15) is 5.26 Å². The monoisotopic (exact) mass is 296 g/mol. The lowest BCUT2D eigenvalue weighted by Crippen LogP contribution is -2.12. The first kappa shape index (κ1) is 13.1. The number of carbonyl (C=O) groups excluding carboxylic acids is 1. The summed E-state index contributed by atoms with van der Waals surface area (Å²) in [6, 6.07) is 4.72. The third-order valence-corrected chi connectivity index (χ3v) is 2.57. The lowest BCUT2D eigenvalue weighted by molar-refractivity contribution is -0.114. The second-order valence-electron chi connectivity index (χ2n) is 3.09. The van der Waals surface area contributed by atoms with Crippen LogP contribution in [-0.2, 0) is 4.79 Å². The number of hydrogen-bond acceptors (Lipinski definition) is 4. The van der Waals surface area contributed by atoms with Crippen molar-refractivity contribution in [2.45, 2.75) is 0 Å². The molecule has 0 aromatic heterocycles. The number of amides is 1. The van der Waals surface area contributed by atoms with Gasteiger partial charge in [0.25, 0.3) is 5.91 Å². The second-order valence-corrected chi connectivity index (χ2v) is 3.94. The Hall–Kier alpha value is -2.00. The van der Waals surface area contributed by atoms with E-state index >= 15 is 0 Å². The number of benzene rings is 1. The molecule has 0 aliphatic carbocycles. The number of phenols is 1. The lowest BCUT2D eigenvalue weighted by atomic mass is 10.1. The number of primary amides is 1. The fraction of sp³-hybridized carbons (Fsp3) is 0.0909. The molecule has 0 fully saturated rings. The summed E-state index contributed by atoms with van der Waals surface area (Å²) in [4.78, 5) is 10.9. The van der Waals surface area contributed by atoms with Gasteiger partial charge in [0.05, 0.1) is 11.6 Å². The molecule has 0 aliphatic heterocycles. The van der Waals surface area contributed by atoms with Crippen LogP contribution in [0.5, 0.6) is 11.5 Å². The topological polar surface area (TPSA) is 96.3 Å². The van der Waals surface area contributed by atoms with Gasteiger partial charge in [0.15, 0.2) is 11.5 Å². The molecule has 1 aromatic carbocycles. The fourth-order valence-electron chi connectivity index (χ4n) is 1.16. The zero-order valence-electron chi connectivity index (χ0n) is 8.90. The number of hydrogen-bond donors (Lipinski definition) is 2. The summed E-state index contributed by atoms with van der Waals surface area (Å²) < 4.78 is 5.33.